The van der Waals surface area contributed by atoms with E-state index in [9.17, 15) is 17.6 Å². The van der Waals surface area contributed by atoms with Gasteiger partial charge in [0.25, 0.3) is 10.0 Å². The highest BCUT2D eigenvalue weighted by Crippen LogP contribution is 2.28. The number of fused-ring (bicyclic) bond motifs is 1. The number of hydrogen-bond acceptors (Lipinski definition) is 5. The summed E-state index contributed by atoms with van der Waals surface area (Å²) >= 11 is 0. The monoisotopic (exact) mass is 420 g/mol. The minimum atomic E-state index is -3.97. The van der Waals surface area contributed by atoms with Crippen LogP contribution in [0.15, 0.2) is 41.3 Å². The van der Waals surface area contributed by atoms with Crippen molar-refractivity contribution in [3.05, 3.63) is 47.8 Å². The SMILES string of the molecule is O=C1CCc2cc(NS(=O)(=O)c3ccc(OCC4CCOC4)c(F)c3)ccc2N1. The number of aryl methyl sites for hydroxylation is 1. The zero-order chi connectivity index (χ0) is 20.4. The molecule has 2 aromatic carbocycles. The number of rotatable bonds is 6. The topological polar surface area (TPSA) is 93.7 Å². The average Bonchev–Trinajstić information content (AvgIpc) is 3.20. The van der Waals surface area contributed by atoms with Crippen LogP contribution >= 0.6 is 0 Å². The molecule has 2 aliphatic rings. The van der Waals surface area contributed by atoms with Crippen molar-refractivity contribution in [2.45, 2.75) is 24.2 Å². The number of ether oxygens (including phenoxy) is 2. The van der Waals surface area contributed by atoms with E-state index >= 15 is 0 Å². The fraction of sp³-hybridized carbons (Fsp3) is 0.350. The molecule has 0 aromatic heterocycles. The molecule has 0 radical (unpaired) electrons. The van der Waals surface area contributed by atoms with Crippen molar-refractivity contribution in [1.82, 2.24) is 0 Å². The third-order valence-corrected chi connectivity index (χ3v) is 6.34. The van der Waals surface area contributed by atoms with Gasteiger partial charge in [0.2, 0.25) is 5.91 Å². The number of carbonyl (C=O) groups excluding carboxylic acids is 1. The van der Waals surface area contributed by atoms with E-state index in [-0.39, 0.29) is 22.5 Å². The number of hydrogen-bond donors (Lipinski definition) is 2. The Bertz CT molecular complexity index is 1040. The number of sulfonamides is 1. The van der Waals surface area contributed by atoms with E-state index in [1.807, 2.05) is 0 Å². The first-order valence-corrected chi connectivity index (χ1v) is 10.8. The molecule has 2 N–H and O–H groups in total. The third kappa shape index (κ3) is 4.51. The van der Waals surface area contributed by atoms with Gasteiger partial charge >= 0.3 is 0 Å². The summed E-state index contributed by atoms with van der Waals surface area (Å²) in [7, 11) is -3.97. The summed E-state index contributed by atoms with van der Waals surface area (Å²) in [5.41, 5.74) is 1.86. The molecule has 1 amide bonds. The number of carbonyl (C=O) groups is 1. The van der Waals surface area contributed by atoms with E-state index in [1.165, 1.54) is 12.1 Å². The van der Waals surface area contributed by atoms with Crippen LogP contribution < -0.4 is 14.8 Å². The maximum atomic E-state index is 14.4. The second-order valence-electron chi connectivity index (χ2n) is 7.16. The van der Waals surface area contributed by atoms with E-state index in [0.29, 0.717) is 44.0 Å². The van der Waals surface area contributed by atoms with Gasteiger partial charge in [-0.2, -0.15) is 0 Å². The molecule has 154 valence electrons. The molecule has 9 heteroatoms. The van der Waals surface area contributed by atoms with E-state index in [1.54, 1.807) is 18.2 Å². The van der Waals surface area contributed by atoms with Crippen LogP contribution in [0.1, 0.15) is 18.4 Å². The molecular weight excluding hydrogens is 399 g/mol. The van der Waals surface area contributed by atoms with Gasteiger partial charge in [-0.1, -0.05) is 0 Å². The average molecular weight is 420 g/mol. The third-order valence-electron chi connectivity index (χ3n) is 4.97. The van der Waals surface area contributed by atoms with Crippen molar-refractivity contribution in [2.24, 2.45) is 5.92 Å². The molecule has 4 rings (SSSR count). The molecule has 1 atom stereocenters. The number of halogens is 1. The molecule has 0 saturated carbocycles. The quantitative estimate of drug-likeness (QED) is 0.750. The standard InChI is InChI=1S/C20H21FN2O5S/c21-17-10-16(3-5-19(17)28-12-13-7-8-27-11-13)29(25,26)23-15-2-4-18-14(9-15)1-6-20(24)22-18/h2-5,9-10,13,23H,1,6-8,11-12H2,(H,22,24). The number of amides is 1. The van der Waals surface area contributed by atoms with Crippen LogP contribution in [0.3, 0.4) is 0 Å². The van der Waals surface area contributed by atoms with Crippen LogP contribution in [0, 0.1) is 11.7 Å². The Balaban J connectivity index is 1.47. The molecule has 0 aliphatic carbocycles. The summed E-state index contributed by atoms with van der Waals surface area (Å²) < 4.78 is 52.8. The summed E-state index contributed by atoms with van der Waals surface area (Å²) in [5, 5.41) is 2.74. The van der Waals surface area contributed by atoms with Crippen LogP contribution in [0.25, 0.3) is 0 Å². The molecule has 1 unspecified atom stereocenters. The molecule has 2 aliphatic heterocycles. The summed E-state index contributed by atoms with van der Waals surface area (Å²) in [6.45, 7) is 1.59. The normalized spacial score (nSPS) is 18.8. The van der Waals surface area contributed by atoms with Crippen molar-refractivity contribution in [1.29, 1.82) is 0 Å². The molecule has 0 bridgehead atoms. The highest BCUT2D eigenvalue weighted by molar-refractivity contribution is 7.92. The van der Waals surface area contributed by atoms with Crippen LogP contribution in [-0.4, -0.2) is 34.1 Å². The molecule has 1 saturated heterocycles. The zero-order valence-corrected chi connectivity index (χ0v) is 16.4. The van der Waals surface area contributed by atoms with Crippen molar-refractivity contribution < 1.29 is 27.1 Å². The van der Waals surface area contributed by atoms with E-state index < -0.39 is 15.8 Å². The van der Waals surface area contributed by atoms with Crippen molar-refractivity contribution in [3.63, 3.8) is 0 Å². The Morgan fingerprint density at radius 2 is 2.07 bits per heavy atom. The highest BCUT2D eigenvalue weighted by atomic mass is 32.2. The van der Waals surface area contributed by atoms with Gasteiger partial charge in [0.15, 0.2) is 11.6 Å². The van der Waals surface area contributed by atoms with E-state index in [0.717, 1.165) is 18.1 Å². The molecule has 29 heavy (non-hydrogen) atoms. The molecule has 1 fully saturated rings. The summed E-state index contributed by atoms with van der Waals surface area (Å²) in [6.07, 6.45) is 1.74. The molecule has 0 spiro atoms. The highest BCUT2D eigenvalue weighted by Gasteiger charge is 2.21. The Morgan fingerprint density at radius 3 is 2.83 bits per heavy atom. The Hall–Kier alpha value is -2.65. The Labute approximate surface area is 168 Å². The predicted molar refractivity (Wildman–Crippen MR) is 105 cm³/mol. The Morgan fingerprint density at radius 1 is 1.21 bits per heavy atom. The number of anilines is 2. The molecular formula is C20H21FN2O5S. The minimum Gasteiger partial charge on any atom is -0.490 e. The predicted octanol–water partition coefficient (Wildman–Crippen LogP) is 2.93. The van der Waals surface area contributed by atoms with Crippen molar-refractivity contribution in [3.8, 4) is 5.75 Å². The summed E-state index contributed by atoms with van der Waals surface area (Å²) in [4.78, 5) is 11.2. The summed E-state index contributed by atoms with van der Waals surface area (Å²) in [5.74, 6) is -0.572. The second kappa shape index (κ2) is 8.00. The molecule has 7 nitrogen and oxygen atoms in total. The maximum absolute atomic E-state index is 14.4. The lowest BCUT2D eigenvalue weighted by atomic mass is 10.0. The Kier molecular flexibility index (Phi) is 5.42. The van der Waals surface area contributed by atoms with Crippen LogP contribution in [0.4, 0.5) is 15.8 Å². The van der Waals surface area contributed by atoms with Gasteiger partial charge in [-0.05, 0) is 54.8 Å². The molecule has 2 heterocycles. The first kappa shape index (κ1) is 19.7. The van der Waals surface area contributed by atoms with Gasteiger partial charge in [0, 0.05) is 30.3 Å². The van der Waals surface area contributed by atoms with E-state index in [4.69, 9.17) is 9.47 Å². The lowest BCUT2D eigenvalue weighted by Gasteiger charge is -2.18. The minimum absolute atomic E-state index is 0.0142. The van der Waals surface area contributed by atoms with Crippen LogP contribution in [-0.2, 0) is 26.0 Å². The largest absolute Gasteiger partial charge is 0.490 e. The van der Waals surface area contributed by atoms with Gasteiger partial charge in [-0.3, -0.25) is 9.52 Å². The first-order chi connectivity index (χ1) is 13.9. The molecule has 2 aromatic rings. The van der Waals surface area contributed by atoms with Gasteiger partial charge in [-0.25, -0.2) is 12.8 Å². The lowest BCUT2D eigenvalue weighted by Crippen LogP contribution is -2.19. The van der Waals surface area contributed by atoms with Gasteiger partial charge < -0.3 is 14.8 Å². The summed E-state index contributed by atoms with van der Waals surface area (Å²) in [6, 6.07) is 8.45. The van der Waals surface area contributed by atoms with Gasteiger partial charge in [0.05, 0.1) is 18.1 Å². The number of benzene rings is 2. The van der Waals surface area contributed by atoms with Gasteiger partial charge in [0.1, 0.15) is 0 Å². The zero-order valence-electron chi connectivity index (χ0n) is 15.6. The first-order valence-electron chi connectivity index (χ1n) is 9.36. The smallest absolute Gasteiger partial charge is 0.262 e. The van der Waals surface area contributed by atoms with Crippen LogP contribution in [0.2, 0.25) is 0 Å². The fourth-order valence-electron chi connectivity index (χ4n) is 3.35. The van der Waals surface area contributed by atoms with Crippen molar-refractivity contribution >= 4 is 27.3 Å². The lowest BCUT2D eigenvalue weighted by molar-refractivity contribution is -0.116. The van der Waals surface area contributed by atoms with Crippen LogP contribution in [0.5, 0.6) is 5.75 Å². The van der Waals surface area contributed by atoms with E-state index in [2.05, 4.69) is 10.0 Å². The van der Waals surface area contributed by atoms with Gasteiger partial charge in [-0.15, -0.1) is 0 Å². The van der Waals surface area contributed by atoms with Crippen molar-refractivity contribution in [2.75, 3.05) is 29.9 Å². The number of nitrogens with one attached hydrogen (secondary N) is 2. The fourth-order valence-corrected chi connectivity index (χ4v) is 4.41. The second-order valence-corrected chi connectivity index (χ2v) is 8.84. The maximum Gasteiger partial charge on any atom is 0.262 e.